The van der Waals surface area contributed by atoms with Gasteiger partial charge < -0.3 is 9.15 Å². The van der Waals surface area contributed by atoms with Crippen LogP contribution in [0.25, 0.3) is 11.0 Å². The van der Waals surface area contributed by atoms with E-state index in [0.29, 0.717) is 29.6 Å². The minimum atomic E-state index is -3.65. The fraction of sp³-hybridized carbons (Fsp3) is 0.304. The Hall–Kier alpha value is -2.97. The molecule has 1 fully saturated rings. The predicted octanol–water partition coefficient (Wildman–Crippen LogP) is 3.63. The number of piperidine rings is 1. The van der Waals surface area contributed by atoms with Crippen LogP contribution in [-0.4, -0.2) is 31.8 Å². The van der Waals surface area contributed by atoms with Crippen LogP contribution < -0.4 is 5.63 Å². The molecule has 1 saturated heterocycles. The maximum Gasteiger partial charge on any atom is 0.338 e. The summed E-state index contributed by atoms with van der Waals surface area (Å²) in [6.07, 6.45) is 2.68. The lowest BCUT2D eigenvalue weighted by atomic mass is 10.1. The number of rotatable bonds is 5. The van der Waals surface area contributed by atoms with Gasteiger partial charge in [-0.05, 0) is 49.6 Å². The van der Waals surface area contributed by atoms with E-state index in [2.05, 4.69) is 0 Å². The van der Waals surface area contributed by atoms with Crippen LogP contribution in [0.2, 0.25) is 0 Å². The summed E-state index contributed by atoms with van der Waals surface area (Å²) in [6.45, 7) is 2.73. The average molecular weight is 442 g/mol. The van der Waals surface area contributed by atoms with Crippen LogP contribution in [-0.2, 0) is 21.4 Å². The van der Waals surface area contributed by atoms with Crippen molar-refractivity contribution >= 4 is 27.0 Å². The van der Waals surface area contributed by atoms with Crippen molar-refractivity contribution in [3.8, 4) is 0 Å². The third kappa shape index (κ3) is 4.55. The maximum absolute atomic E-state index is 12.9. The second-order valence-electron chi connectivity index (χ2n) is 7.66. The summed E-state index contributed by atoms with van der Waals surface area (Å²) in [5.74, 6) is -0.663. The first-order valence-electron chi connectivity index (χ1n) is 10.2. The highest BCUT2D eigenvalue weighted by Gasteiger charge is 2.26. The Bertz CT molecular complexity index is 1290. The summed E-state index contributed by atoms with van der Waals surface area (Å²) in [5.41, 5.74) is 1.50. The SMILES string of the molecule is Cc1ccc2c(COC(=O)c3cccc(S(=O)(=O)N4CCCCC4)c3)cc(=O)oc2c1. The second kappa shape index (κ2) is 8.64. The van der Waals surface area contributed by atoms with E-state index in [9.17, 15) is 18.0 Å². The molecule has 162 valence electrons. The molecular weight excluding hydrogens is 418 g/mol. The fourth-order valence-corrected chi connectivity index (χ4v) is 5.28. The highest BCUT2D eigenvalue weighted by molar-refractivity contribution is 7.89. The van der Waals surface area contributed by atoms with Crippen molar-refractivity contribution in [2.24, 2.45) is 0 Å². The van der Waals surface area contributed by atoms with Crippen LogP contribution in [0.15, 0.2) is 62.6 Å². The Morgan fingerprint density at radius 1 is 1.06 bits per heavy atom. The molecule has 1 aliphatic rings. The van der Waals surface area contributed by atoms with Gasteiger partial charge in [0.2, 0.25) is 10.0 Å². The van der Waals surface area contributed by atoms with Gasteiger partial charge >= 0.3 is 11.6 Å². The number of hydrogen-bond acceptors (Lipinski definition) is 6. The molecule has 8 heteroatoms. The summed E-state index contributed by atoms with van der Waals surface area (Å²) in [5, 5.41) is 0.680. The molecule has 4 rings (SSSR count). The summed E-state index contributed by atoms with van der Waals surface area (Å²) in [7, 11) is -3.65. The van der Waals surface area contributed by atoms with E-state index in [1.165, 1.54) is 34.6 Å². The molecule has 1 aliphatic heterocycles. The van der Waals surface area contributed by atoms with E-state index in [-0.39, 0.29) is 17.1 Å². The van der Waals surface area contributed by atoms with Gasteiger partial charge in [-0.25, -0.2) is 18.0 Å². The molecule has 1 aromatic heterocycles. The Kier molecular flexibility index (Phi) is 5.93. The van der Waals surface area contributed by atoms with E-state index < -0.39 is 21.6 Å². The minimum Gasteiger partial charge on any atom is -0.457 e. The molecule has 31 heavy (non-hydrogen) atoms. The molecule has 0 amide bonds. The summed E-state index contributed by atoms with van der Waals surface area (Å²) in [6, 6.07) is 12.6. The number of aryl methyl sites for hydroxylation is 1. The zero-order chi connectivity index (χ0) is 22.0. The Labute approximate surface area is 180 Å². The number of sulfonamides is 1. The van der Waals surface area contributed by atoms with Gasteiger partial charge in [0.1, 0.15) is 12.2 Å². The molecule has 2 aromatic carbocycles. The van der Waals surface area contributed by atoms with Crippen LogP contribution in [0.1, 0.15) is 40.7 Å². The van der Waals surface area contributed by atoms with E-state index in [1.807, 2.05) is 19.1 Å². The molecular formula is C23H23NO6S. The van der Waals surface area contributed by atoms with Gasteiger partial charge in [0.25, 0.3) is 0 Å². The molecule has 0 spiro atoms. The van der Waals surface area contributed by atoms with Crippen LogP contribution in [0.3, 0.4) is 0 Å². The number of carbonyl (C=O) groups excluding carboxylic acids is 1. The highest BCUT2D eigenvalue weighted by Crippen LogP contribution is 2.23. The van der Waals surface area contributed by atoms with Gasteiger partial charge in [-0.3, -0.25) is 0 Å². The van der Waals surface area contributed by atoms with Crippen molar-refractivity contribution in [2.45, 2.75) is 37.7 Å². The first kappa shape index (κ1) is 21.3. The lowest BCUT2D eigenvalue weighted by Gasteiger charge is -2.25. The summed E-state index contributed by atoms with van der Waals surface area (Å²) >= 11 is 0. The summed E-state index contributed by atoms with van der Waals surface area (Å²) in [4.78, 5) is 24.5. The van der Waals surface area contributed by atoms with Crippen LogP contribution in [0.4, 0.5) is 0 Å². The zero-order valence-electron chi connectivity index (χ0n) is 17.2. The van der Waals surface area contributed by atoms with Gasteiger partial charge in [0.15, 0.2) is 0 Å². The minimum absolute atomic E-state index is 0.0742. The van der Waals surface area contributed by atoms with Crippen molar-refractivity contribution < 1.29 is 22.4 Å². The normalized spacial score (nSPS) is 15.1. The van der Waals surface area contributed by atoms with Gasteiger partial charge in [0, 0.05) is 30.1 Å². The third-order valence-corrected chi connectivity index (χ3v) is 7.26. The van der Waals surface area contributed by atoms with E-state index >= 15 is 0 Å². The summed E-state index contributed by atoms with van der Waals surface area (Å²) < 4.78 is 37.8. The van der Waals surface area contributed by atoms with E-state index in [1.54, 1.807) is 6.07 Å². The van der Waals surface area contributed by atoms with Crippen molar-refractivity contribution in [3.05, 3.63) is 75.6 Å². The van der Waals surface area contributed by atoms with Crippen LogP contribution in [0, 0.1) is 6.92 Å². The van der Waals surface area contributed by atoms with Crippen LogP contribution in [0.5, 0.6) is 0 Å². The van der Waals surface area contributed by atoms with Crippen LogP contribution >= 0.6 is 0 Å². The first-order valence-corrected chi connectivity index (χ1v) is 11.6. The van der Waals surface area contributed by atoms with Gasteiger partial charge in [-0.15, -0.1) is 0 Å². The molecule has 3 aromatic rings. The molecule has 2 heterocycles. The monoisotopic (exact) mass is 441 g/mol. The van der Waals surface area contributed by atoms with E-state index in [4.69, 9.17) is 9.15 Å². The molecule has 0 unspecified atom stereocenters. The number of esters is 1. The van der Waals surface area contributed by atoms with Crippen molar-refractivity contribution in [1.29, 1.82) is 0 Å². The Morgan fingerprint density at radius 2 is 1.84 bits per heavy atom. The number of hydrogen-bond donors (Lipinski definition) is 0. The molecule has 0 saturated carbocycles. The lowest BCUT2D eigenvalue weighted by molar-refractivity contribution is 0.0473. The smallest absolute Gasteiger partial charge is 0.338 e. The third-order valence-electron chi connectivity index (χ3n) is 5.37. The number of nitrogens with zero attached hydrogens (tertiary/aromatic N) is 1. The molecule has 0 atom stereocenters. The fourth-order valence-electron chi connectivity index (χ4n) is 3.72. The highest BCUT2D eigenvalue weighted by atomic mass is 32.2. The van der Waals surface area contributed by atoms with Crippen molar-refractivity contribution in [3.63, 3.8) is 0 Å². The zero-order valence-corrected chi connectivity index (χ0v) is 18.0. The number of ether oxygens (including phenoxy) is 1. The number of benzene rings is 2. The van der Waals surface area contributed by atoms with Gasteiger partial charge in [-0.2, -0.15) is 4.31 Å². The lowest BCUT2D eigenvalue weighted by Crippen LogP contribution is -2.35. The quantitative estimate of drug-likeness (QED) is 0.443. The maximum atomic E-state index is 12.9. The van der Waals surface area contributed by atoms with Crippen molar-refractivity contribution in [1.82, 2.24) is 4.31 Å². The Morgan fingerprint density at radius 3 is 2.61 bits per heavy atom. The predicted molar refractivity (Wildman–Crippen MR) is 115 cm³/mol. The van der Waals surface area contributed by atoms with Gasteiger partial charge in [-0.1, -0.05) is 24.6 Å². The molecule has 0 N–H and O–H groups in total. The molecule has 7 nitrogen and oxygen atoms in total. The largest absolute Gasteiger partial charge is 0.457 e. The molecule has 0 radical (unpaired) electrons. The first-order chi connectivity index (χ1) is 14.8. The average Bonchev–Trinajstić information content (AvgIpc) is 2.77. The second-order valence-corrected chi connectivity index (χ2v) is 9.60. The standard InChI is InChI=1S/C23H23NO6S/c1-16-8-9-20-18(14-22(25)30-21(20)12-16)15-29-23(26)17-6-5-7-19(13-17)31(27,28)24-10-3-2-4-11-24/h5-9,12-14H,2-4,10-11,15H2,1H3. The van der Waals surface area contributed by atoms with E-state index in [0.717, 1.165) is 24.8 Å². The Balaban J connectivity index is 1.54. The van der Waals surface area contributed by atoms with Gasteiger partial charge in [0.05, 0.1) is 10.5 Å². The molecule has 0 aliphatic carbocycles. The number of fused-ring (bicyclic) bond motifs is 1. The molecule has 0 bridgehead atoms. The topological polar surface area (TPSA) is 93.9 Å². The number of carbonyl (C=O) groups is 1. The van der Waals surface area contributed by atoms with Crippen molar-refractivity contribution in [2.75, 3.05) is 13.1 Å².